The number of hydrogen-bond acceptors (Lipinski definition) is 5. The molecule has 0 aliphatic carbocycles. The van der Waals surface area contributed by atoms with Gasteiger partial charge in [0.1, 0.15) is 11.6 Å². The van der Waals surface area contributed by atoms with E-state index in [-0.39, 0.29) is 11.8 Å². The molecule has 0 saturated carbocycles. The lowest BCUT2D eigenvalue weighted by molar-refractivity contribution is -0.132. The highest BCUT2D eigenvalue weighted by Crippen LogP contribution is 2.26. The van der Waals surface area contributed by atoms with Crippen molar-refractivity contribution in [2.45, 2.75) is 44.7 Å². The van der Waals surface area contributed by atoms with Crippen LogP contribution in [0.4, 0.5) is 0 Å². The van der Waals surface area contributed by atoms with Gasteiger partial charge in [0.05, 0.1) is 12.9 Å². The zero-order valence-corrected chi connectivity index (χ0v) is 16.0. The highest BCUT2D eigenvalue weighted by molar-refractivity contribution is 5.76. The van der Waals surface area contributed by atoms with Crippen LogP contribution in [-0.2, 0) is 24.9 Å². The van der Waals surface area contributed by atoms with Crippen LogP contribution >= 0.6 is 0 Å². The number of rotatable bonds is 7. The number of carbonyl (C=O) groups is 1. The van der Waals surface area contributed by atoms with Crippen molar-refractivity contribution in [3.05, 3.63) is 30.4 Å². The molecule has 1 fully saturated rings. The summed E-state index contributed by atoms with van der Waals surface area (Å²) in [6, 6.07) is 0. The summed E-state index contributed by atoms with van der Waals surface area (Å²) in [5, 5.41) is 8.76. The van der Waals surface area contributed by atoms with Gasteiger partial charge in [-0.3, -0.25) is 4.79 Å². The van der Waals surface area contributed by atoms with Gasteiger partial charge >= 0.3 is 0 Å². The molecule has 1 unspecified atom stereocenters. The maximum absolute atomic E-state index is 12.6. The van der Waals surface area contributed by atoms with Gasteiger partial charge in [-0.05, 0) is 33.4 Å². The fourth-order valence-corrected chi connectivity index (χ4v) is 3.56. The Morgan fingerprint density at radius 3 is 2.92 bits per heavy atom. The van der Waals surface area contributed by atoms with E-state index in [0.29, 0.717) is 6.42 Å². The number of piperidine rings is 1. The lowest BCUT2D eigenvalue weighted by Gasteiger charge is -2.32. The number of aromatic nitrogens is 5. The normalized spacial score (nSPS) is 17.8. The Morgan fingerprint density at radius 1 is 1.35 bits per heavy atom. The summed E-state index contributed by atoms with van der Waals surface area (Å²) in [5.74, 6) is 2.48. The Labute approximate surface area is 154 Å². The number of hydrogen-bond donors (Lipinski definition) is 0. The van der Waals surface area contributed by atoms with E-state index in [9.17, 15) is 4.79 Å². The van der Waals surface area contributed by atoms with E-state index < -0.39 is 0 Å². The van der Waals surface area contributed by atoms with Crippen molar-refractivity contribution in [2.24, 2.45) is 7.05 Å². The fraction of sp³-hybridized carbons (Fsp3) is 0.667. The van der Waals surface area contributed by atoms with Crippen LogP contribution in [-0.4, -0.2) is 67.2 Å². The molecule has 8 heteroatoms. The van der Waals surface area contributed by atoms with Crippen molar-refractivity contribution in [1.29, 1.82) is 0 Å². The minimum atomic E-state index is 0.241. The van der Waals surface area contributed by atoms with Crippen molar-refractivity contribution in [1.82, 2.24) is 34.1 Å². The second-order valence-electron chi connectivity index (χ2n) is 7.35. The van der Waals surface area contributed by atoms with Crippen LogP contribution in [0.15, 0.2) is 18.7 Å². The van der Waals surface area contributed by atoms with Gasteiger partial charge in [0.15, 0.2) is 0 Å². The minimum Gasteiger partial charge on any atom is -0.342 e. The lowest BCUT2D eigenvalue weighted by atomic mass is 9.96. The van der Waals surface area contributed by atoms with Crippen molar-refractivity contribution < 1.29 is 4.79 Å². The van der Waals surface area contributed by atoms with Crippen LogP contribution in [0.25, 0.3) is 0 Å². The van der Waals surface area contributed by atoms with E-state index in [4.69, 9.17) is 0 Å². The third-order valence-corrected chi connectivity index (χ3v) is 4.96. The first kappa shape index (κ1) is 18.6. The van der Waals surface area contributed by atoms with Crippen molar-refractivity contribution >= 4 is 5.91 Å². The molecule has 0 spiro atoms. The number of carbonyl (C=O) groups excluding carboxylic acids is 1. The summed E-state index contributed by atoms with van der Waals surface area (Å²) >= 11 is 0. The van der Waals surface area contributed by atoms with E-state index in [0.717, 1.165) is 57.1 Å². The van der Waals surface area contributed by atoms with E-state index in [1.807, 2.05) is 36.8 Å². The average Bonchev–Trinajstić information content (AvgIpc) is 3.25. The Kier molecular flexibility index (Phi) is 6.03. The summed E-state index contributed by atoms with van der Waals surface area (Å²) in [4.78, 5) is 20.7. The summed E-state index contributed by atoms with van der Waals surface area (Å²) in [5.41, 5.74) is 0. The Hall–Kier alpha value is -2.22. The van der Waals surface area contributed by atoms with Crippen LogP contribution in [0, 0.1) is 0 Å². The van der Waals surface area contributed by atoms with Gasteiger partial charge in [0.2, 0.25) is 5.91 Å². The smallest absolute Gasteiger partial charge is 0.222 e. The quantitative estimate of drug-likeness (QED) is 0.744. The molecule has 1 amide bonds. The predicted octanol–water partition coefficient (Wildman–Crippen LogP) is 1.26. The predicted molar refractivity (Wildman–Crippen MR) is 98.4 cm³/mol. The zero-order valence-electron chi connectivity index (χ0n) is 16.0. The summed E-state index contributed by atoms with van der Waals surface area (Å²) < 4.78 is 4.11. The maximum atomic E-state index is 12.6. The van der Waals surface area contributed by atoms with Crippen molar-refractivity contribution in [3.8, 4) is 0 Å². The van der Waals surface area contributed by atoms with Crippen molar-refractivity contribution in [3.63, 3.8) is 0 Å². The Balaban J connectivity index is 1.55. The number of amides is 1. The van der Waals surface area contributed by atoms with Gasteiger partial charge in [-0.1, -0.05) is 0 Å². The SMILES string of the molecule is CN(C)Cc1nnc(C2CCCN(C(=O)CCCn3ccnc3)C2)n1C. The summed E-state index contributed by atoms with van der Waals surface area (Å²) in [7, 11) is 6.08. The lowest BCUT2D eigenvalue weighted by Crippen LogP contribution is -2.39. The van der Waals surface area contributed by atoms with E-state index in [1.54, 1.807) is 12.5 Å². The molecule has 1 atom stereocenters. The van der Waals surface area contributed by atoms with Crippen LogP contribution in [0.2, 0.25) is 0 Å². The molecule has 0 bridgehead atoms. The molecule has 1 saturated heterocycles. The molecule has 0 radical (unpaired) electrons. The Bertz CT molecular complexity index is 707. The van der Waals surface area contributed by atoms with Gasteiger partial charge in [-0.2, -0.15) is 0 Å². The van der Waals surface area contributed by atoms with Crippen LogP contribution in [0.3, 0.4) is 0 Å². The molecular formula is C18H29N7O. The van der Waals surface area contributed by atoms with Gasteiger partial charge in [0, 0.05) is 51.4 Å². The first-order valence-corrected chi connectivity index (χ1v) is 9.31. The number of aryl methyl sites for hydroxylation is 1. The van der Waals surface area contributed by atoms with E-state index in [2.05, 4.69) is 24.6 Å². The number of nitrogens with zero attached hydrogens (tertiary/aromatic N) is 7. The second-order valence-corrected chi connectivity index (χ2v) is 7.35. The van der Waals surface area contributed by atoms with Crippen LogP contribution in [0.1, 0.15) is 43.3 Å². The van der Waals surface area contributed by atoms with Gasteiger partial charge in [-0.25, -0.2) is 4.98 Å². The second kappa shape index (κ2) is 8.44. The molecule has 0 N–H and O–H groups in total. The van der Waals surface area contributed by atoms with Gasteiger partial charge in [-0.15, -0.1) is 10.2 Å². The molecule has 0 aromatic carbocycles. The Morgan fingerprint density at radius 2 is 2.19 bits per heavy atom. The van der Waals surface area contributed by atoms with Gasteiger partial charge < -0.3 is 18.9 Å². The molecule has 26 heavy (non-hydrogen) atoms. The fourth-order valence-electron chi connectivity index (χ4n) is 3.56. The highest BCUT2D eigenvalue weighted by Gasteiger charge is 2.28. The molecule has 3 rings (SSSR count). The molecule has 1 aliphatic rings. The molecule has 8 nitrogen and oxygen atoms in total. The minimum absolute atomic E-state index is 0.241. The first-order chi connectivity index (χ1) is 12.5. The average molecular weight is 359 g/mol. The van der Waals surface area contributed by atoms with E-state index >= 15 is 0 Å². The highest BCUT2D eigenvalue weighted by atomic mass is 16.2. The summed E-state index contributed by atoms with van der Waals surface area (Å²) in [6.07, 6.45) is 8.99. The number of imidazole rings is 1. The molecule has 1 aliphatic heterocycles. The monoisotopic (exact) mass is 359 g/mol. The zero-order chi connectivity index (χ0) is 18.5. The molecule has 2 aromatic heterocycles. The topological polar surface area (TPSA) is 72.1 Å². The first-order valence-electron chi connectivity index (χ1n) is 9.31. The van der Waals surface area contributed by atoms with Crippen LogP contribution in [0.5, 0.6) is 0 Å². The molecular weight excluding hydrogens is 330 g/mol. The third-order valence-electron chi connectivity index (χ3n) is 4.96. The van der Waals surface area contributed by atoms with Crippen LogP contribution < -0.4 is 0 Å². The largest absolute Gasteiger partial charge is 0.342 e. The van der Waals surface area contributed by atoms with Crippen molar-refractivity contribution in [2.75, 3.05) is 27.2 Å². The molecule has 2 aromatic rings. The van der Waals surface area contributed by atoms with E-state index in [1.165, 1.54) is 0 Å². The summed E-state index contributed by atoms with van der Waals surface area (Å²) in [6.45, 7) is 3.20. The van der Waals surface area contributed by atoms with Gasteiger partial charge in [0.25, 0.3) is 0 Å². The maximum Gasteiger partial charge on any atom is 0.222 e. The molecule has 3 heterocycles. The molecule has 142 valence electrons. The third kappa shape index (κ3) is 4.49. The number of likely N-dealkylation sites (tertiary alicyclic amines) is 1. The standard InChI is InChI=1S/C18H29N7O/c1-22(2)13-16-20-21-18(23(16)3)15-6-4-10-25(12-15)17(26)7-5-9-24-11-8-19-14-24/h8,11,14-15H,4-7,9-10,12-13H2,1-3H3.